The van der Waals surface area contributed by atoms with E-state index in [4.69, 9.17) is 61.4 Å². The van der Waals surface area contributed by atoms with Gasteiger partial charge in [-0.25, -0.2) is 18.4 Å². The molecule has 76 heavy (non-hydrogen) atoms. The molecule has 4 atom stereocenters. The number of nitrogens with zero attached hydrogens (tertiary/aromatic N) is 3. The first-order chi connectivity index (χ1) is 35.4. The Labute approximate surface area is 462 Å². The standard InChI is InChI=1S/C22H27ClFN3O4.C14H9ClF3NO2.C14H21FN2O3.CH2Cl2.ClH/c1-13-3-4-16(10-17(13)23)26-21(31)27-7-5-22(24,6-8-27)20-14(2)9-15(11-25-20)19(30)18(29)12-28;15-12-8-9(6-7-11(12)14(16,17)18)19-13(20)21-10-4-2-1-3-5-10;1-9-6-10(12(20)11(19)8-18)7-17-13(9)14(15)2-4-16-5-3-14;2-1-3;/h3-4,9-11,18-19,28-30H,5-8,12H2,1-2H3,(H,26,31);1-8H,(H,19,20);6-7,11-12,16,18-20H,2-5,8H2,1H3;1H2;1H/t18-,19-;;11-,12-;;/m0.0../s1. The molecule has 2 fully saturated rings. The summed E-state index contributed by atoms with van der Waals surface area (Å²) in [5.74, 6) is 0.313. The van der Waals surface area contributed by atoms with E-state index >= 15 is 4.39 Å². The molecule has 4 heterocycles. The number of aliphatic hydroxyl groups excluding tert-OH is 6. The van der Waals surface area contributed by atoms with Crippen molar-refractivity contribution in [1.82, 2.24) is 20.2 Å². The van der Waals surface area contributed by atoms with Crippen molar-refractivity contribution in [3.63, 3.8) is 0 Å². The lowest BCUT2D eigenvalue weighted by Crippen LogP contribution is -2.45. The Bertz CT molecular complexity index is 2640. The van der Waals surface area contributed by atoms with Crippen LogP contribution in [-0.2, 0) is 17.5 Å². The summed E-state index contributed by atoms with van der Waals surface area (Å²) < 4.78 is 73.1. The minimum atomic E-state index is -4.54. The van der Waals surface area contributed by atoms with E-state index in [1.54, 1.807) is 73.3 Å². The molecule has 3 aromatic carbocycles. The predicted molar refractivity (Wildman–Crippen MR) is 284 cm³/mol. The zero-order valence-electron chi connectivity index (χ0n) is 41.3. The van der Waals surface area contributed by atoms with Crippen molar-refractivity contribution < 1.29 is 66.9 Å². The SMILES string of the molecule is Cc1cc([C@H](O)[C@@H](O)CO)cnc1C1(F)CCNCC1.Cc1ccc(NC(=O)N2CCC(F)(c3ncc([C@H](O)[C@@H](O)CO)cc3C)CC2)cc1Cl.Cl.ClCCl.O=C(Nc1ccc(C(F)(F)F)c(Cl)c1)Oc1ccccc1. The van der Waals surface area contributed by atoms with E-state index in [1.807, 2.05) is 13.0 Å². The molecular formula is C51H60Cl5F5N6O9. The van der Waals surface area contributed by atoms with Gasteiger partial charge < -0.3 is 50.9 Å². The van der Waals surface area contributed by atoms with Crippen LogP contribution in [0.15, 0.2) is 91.3 Å². The van der Waals surface area contributed by atoms with E-state index < -0.39 is 71.8 Å². The second-order valence-electron chi connectivity index (χ2n) is 17.4. The van der Waals surface area contributed by atoms with Crippen molar-refractivity contribution in [3.05, 3.63) is 146 Å². The molecule has 25 heteroatoms. The molecule has 0 spiro atoms. The van der Waals surface area contributed by atoms with Gasteiger partial charge in [0.15, 0.2) is 11.3 Å². The second-order valence-corrected chi connectivity index (χ2v) is 19.1. The van der Waals surface area contributed by atoms with Crippen molar-refractivity contribution in [1.29, 1.82) is 0 Å². The Kier molecular flexibility index (Phi) is 26.3. The third kappa shape index (κ3) is 18.8. The van der Waals surface area contributed by atoms with Crippen LogP contribution < -0.4 is 20.7 Å². The Morgan fingerprint density at radius 1 is 0.711 bits per heavy atom. The number of aryl methyl sites for hydroxylation is 3. The number of piperidine rings is 2. The Hall–Kier alpha value is -4.68. The van der Waals surface area contributed by atoms with Crippen molar-refractivity contribution in [2.24, 2.45) is 0 Å². The summed E-state index contributed by atoms with van der Waals surface area (Å²) in [7, 11) is 0. The number of ether oxygens (including phenoxy) is 1. The number of alkyl halides is 7. The van der Waals surface area contributed by atoms with Gasteiger partial charge in [0.25, 0.3) is 0 Å². The van der Waals surface area contributed by atoms with E-state index in [-0.39, 0.29) is 61.1 Å². The van der Waals surface area contributed by atoms with Gasteiger partial charge in [-0.05, 0) is 118 Å². The van der Waals surface area contributed by atoms with Crippen LogP contribution >= 0.6 is 58.8 Å². The molecule has 7 rings (SSSR count). The van der Waals surface area contributed by atoms with Crippen LogP contribution in [0.5, 0.6) is 5.75 Å². The number of benzene rings is 3. The number of nitrogens with one attached hydrogen (secondary N) is 3. The topological polar surface area (TPSA) is 230 Å². The maximum Gasteiger partial charge on any atom is 0.417 e. The molecule has 0 bridgehead atoms. The fourth-order valence-corrected chi connectivity index (χ4v) is 8.36. The number of hydrogen-bond acceptors (Lipinski definition) is 12. The molecular weight excluding hydrogens is 1110 g/mol. The summed E-state index contributed by atoms with van der Waals surface area (Å²) in [6.45, 7) is 5.84. The maximum absolute atomic E-state index is 15.7. The fourth-order valence-electron chi connectivity index (χ4n) is 7.89. The van der Waals surface area contributed by atoms with Gasteiger partial charge in [-0.2, -0.15) is 13.2 Å². The molecule has 3 amide bonds. The number of anilines is 2. The third-order valence-electron chi connectivity index (χ3n) is 12.0. The highest BCUT2D eigenvalue weighted by atomic mass is 35.5. The summed E-state index contributed by atoms with van der Waals surface area (Å²) in [4.78, 5) is 34.0. The summed E-state index contributed by atoms with van der Waals surface area (Å²) in [6, 6.07) is 19.3. The van der Waals surface area contributed by atoms with Gasteiger partial charge in [-0.3, -0.25) is 15.3 Å². The molecule has 5 aromatic rings. The summed E-state index contributed by atoms with van der Waals surface area (Å²) in [5, 5.41) is 65.2. The molecule has 9 N–H and O–H groups in total. The van der Waals surface area contributed by atoms with Crippen molar-refractivity contribution in [2.45, 2.75) is 88.4 Å². The minimum Gasteiger partial charge on any atom is -0.410 e. The fraction of sp³-hybridized carbons (Fsp3) is 0.412. The van der Waals surface area contributed by atoms with Crippen molar-refractivity contribution in [3.8, 4) is 5.75 Å². The maximum atomic E-state index is 15.7. The van der Waals surface area contributed by atoms with E-state index in [0.717, 1.165) is 23.8 Å². The van der Waals surface area contributed by atoms with Crippen LogP contribution in [0.4, 0.5) is 42.9 Å². The van der Waals surface area contributed by atoms with Gasteiger partial charge in [0.2, 0.25) is 0 Å². The number of rotatable bonds is 11. The van der Waals surface area contributed by atoms with Crippen LogP contribution in [0.2, 0.25) is 10.0 Å². The van der Waals surface area contributed by atoms with Crippen LogP contribution in [0.3, 0.4) is 0 Å². The third-order valence-corrected chi connectivity index (χ3v) is 12.7. The molecule has 2 aliphatic rings. The smallest absolute Gasteiger partial charge is 0.410 e. The summed E-state index contributed by atoms with van der Waals surface area (Å²) >= 11 is 21.2. The first-order valence-corrected chi connectivity index (χ1v) is 25.0. The van der Waals surface area contributed by atoms with Gasteiger partial charge in [0.05, 0.1) is 40.5 Å². The number of aliphatic hydroxyl groups is 6. The molecule has 0 aliphatic carbocycles. The minimum absolute atomic E-state index is 0. The normalized spacial score (nSPS) is 16.2. The summed E-state index contributed by atoms with van der Waals surface area (Å²) in [6.07, 6.45) is -6.87. The number of likely N-dealkylation sites (tertiary alicyclic amines) is 1. The number of urea groups is 1. The number of pyridine rings is 2. The number of para-hydroxylation sites is 1. The molecule has 418 valence electrons. The Morgan fingerprint density at radius 2 is 1.17 bits per heavy atom. The van der Waals surface area contributed by atoms with Gasteiger partial charge in [0, 0.05) is 65.8 Å². The second kappa shape index (κ2) is 30.5. The van der Waals surface area contributed by atoms with Gasteiger partial charge in [-0.15, -0.1) is 35.6 Å². The quantitative estimate of drug-likeness (QED) is 0.0445. The zero-order chi connectivity index (χ0) is 55.7. The molecule has 0 saturated carbocycles. The molecule has 2 saturated heterocycles. The highest BCUT2D eigenvalue weighted by Crippen LogP contribution is 2.40. The van der Waals surface area contributed by atoms with Gasteiger partial charge in [-0.1, -0.05) is 47.5 Å². The van der Waals surface area contributed by atoms with E-state index in [0.29, 0.717) is 70.3 Å². The molecule has 2 aliphatic heterocycles. The first-order valence-electron chi connectivity index (χ1n) is 23.2. The lowest BCUT2D eigenvalue weighted by molar-refractivity contribution is -0.137. The van der Waals surface area contributed by atoms with Crippen LogP contribution in [-0.4, -0.2) is 115 Å². The number of halogens is 10. The van der Waals surface area contributed by atoms with E-state index in [1.165, 1.54) is 12.4 Å². The van der Waals surface area contributed by atoms with Gasteiger partial charge >= 0.3 is 18.3 Å². The van der Waals surface area contributed by atoms with Crippen LogP contribution in [0, 0.1) is 20.8 Å². The summed E-state index contributed by atoms with van der Waals surface area (Å²) in [5.41, 5.74) is 0.0155. The Morgan fingerprint density at radius 3 is 1.62 bits per heavy atom. The molecule has 0 radical (unpaired) electrons. The predicted octanol–water partition coefficient (Wildman–Crippen LogP) is 10.4. The Balaban J connectivity index is 0.000000299. The zero-order valence-corrected chi connectivity index (χ0v) is 45.1. The molecule has 15 nitrogen and oxygen atoms in total. The molecule has 2 aromatic heterocycles. The molecule has 0 unspecified atom stereocenters. The lowest BCUT2D eigenvalue weighted by Gasteiger charge is -2.36. The number of carbonyl (C=O) groups excluding carboxylic acids is 2. The number of hydrogen-bond donors (Lipinski definition) is 9. The highest BCUT2D eigenvalue weighted by Gasteiger charge is 2.41. The van der Waals surface area contributed by atoms with Crippen molar-refractivity contribution in [2.75, 3.05) is 55.4 Å². The highest BCUT2D eigenvalue weighted by molar-refractivity contribution is 6.40. The lowest BCUT2D eigenvalue weighted by atomic mass is 9.87. The number of carbonyl (C=O) groups is 2. The van der Waals surface area contributed by atoms with Gasteiger partial charge in [0.1, 0.15) is 30.2 Å². The van der Waals surface area contributed by atoms with Crippen LogP contribution in [0.25, 0.3) is 0 Å². The number of aromatic nitrogens is 2. The van der Waals surface area contributed by atoms with E-state index in [2.05, 4.69) is 25.9 Å². The largest absolute Gasteiger partial charge is 0.417 e. The average molecular weight is 1170 g/mol. The monoisotopic (exact) mass is 1170 g/mol. The first kappa shape index (κ1) is 65.6. The number of amides is 3. The van der Waals surface area contributed by atoms with Crippen molar-refractivity contribution >= 4 is 82.3 Å². The average Bonchev–Trinajstić information content (AvgIpc) is 3.37. The van der Waals surface area contributed by atoms with E-state index in [9.17, 15) is 47.6 Å². The van der Waals surface area contributed by atoms with Crippen LogP contribution in [0.1, 0.15) is 82.7 Å².